The van der Waals surface area contributed by atoms with Crippen molar-refractivity contribution >= 4 is 22.5 Å². The van der Waals surface area contributed by atoms with Crippen LogP contribution in [-0.2, 0) is 5.75 Å². The molecule has 0 amide bonds. The quantitative estimate of drug-likeness (QED) is 0.628. The maximum absolute atomic E-state index is 9.10. The zero-order valence-corrected chi connectivity index (χ0v) is 11.7. The van der Waals surface area contributed by atoms with Crippen molar-refractivity contribution in [1.29, 1.82) is 5.26 Å². The van der Waals surface area contributed by atoms with Crippen molar-refractivity contribution in [2.75, 3.05) is 0 Å². The molecule has 0 aliphatic carbocycles. The van der Waals surface area contributed by atoms with Crippen molar-refractivity contribution in [2.24, 2.45) is 0 Å². The Labute approximate surface area is 122 Å². The Morgan fingerprint density at radius 1 is 0.850 bits per heavy atom. The number of thioether (sulfide) groups is 1. The number of hydrogen-bond donors (Lipinski definition) is 0. The van der Waals surface area contributed by atoms with Gasteiger partial charge in [0.15, 0.2) is 0 Å². The highest BCUT2D eigenvalue weighted by atomic mass is 32.2. The number of nitrogens with zero attached hydrogens (tertiary/aromatic N) is 1. The molecule has 3 aromatic carbocycles. The first kappa shape index (κ1) is 12.8. The second-order valence-corrected chi connectivity index (χ2v) is 5.62. The van der Waals surface area contributed by atoms with E-state index < -0.39 is 0 Å². The molecule has 0 N–H and O–H groups in total. The zero-order chi connectivity index (χ0) is 13.8. The Morgan fingerprint density at radius 2 is 1.60 bits per heavy atom. The molecule has 96 valence electrons. The molecule has 3 rings (SSSR count). The lowest BCUT2D eigenvalue weighted by Crippen LogP contribution is -1.86. The third-order valence-electron chi connectivity index (χ3n) is 3.25. The minimum absolute atomic E-state index is 0.765. The van der Waals surface area contributed by atoms with Gasteiger partial charge in [0.2, 0.25) is 0 Å². The molecule has 3 aromatic rings. The molecule has 0 aliphatic heterocycles. The molecule has 1 nitrogen and oxygen atoms in total. The van der Waals surface area contributed by atoms with Gasteiger partial charge in [-0.3, -0.25) is 0 Å². The summed E-state index contributed by atoms with van der Waals surface area (Å²) in [5.74, 6) is 0.822. The second kappa shape index (κ2) is 5.81. The van der Waals surface area contributed by atoms with Crippen LogP contribution >= 0.6 is 11.8 Å². The molecule has 0 atom stereocenters. The molecule has 0 heterocycles. The fourth-order valence-corrected chi connectivity index (χ4v) is 3.12. The molecule has 0 radical (unpaired) electrons. The van der Waals surface area contributed by atoms with E-state index in [9.17, 15) is 0 Å². The van der Waals surface area contributed by atoms with Gasteiger partial charge < -0.3 is 0 Å². The summed E-state index contributed by atoms with van der Waals surface area (Å²) in [5.41, 5.74) is 1.86. The summed E-state index contributed by atoms with van der Waals surface area (Å²) >= 11 is 1.77. The van der Waals surface area contributed by atoms with E-state index in [4.69, 9.17) is 5.26 Å². The standard InChI is InChI=1S/C18H13NS/c19-12-16-7-3-4-8-17(16)13-20-18-10-9-14-5-1-2-6-15(14)11-18/h1-11H,13H2. The first-order chi connectivity index (χ1) is 9.86. The smallest absolute Gasteiger partial charge is 0.0994 e. The maximum Gasteiger partial charge on any atom is 0.0994 e. The molecule has 0 unspecified atom stereocenters. The number of nitriles is 1. The van der Waals surface area contributed by atoms with E-state index in [1.54, 1.807) is 11.8 Å². The Hall–Kier alpha value is -2.24. The van der Waals surface area contributed by atoms with Crippen LogP contribution in [0.25, 0.3) is 10.8 Å². The van der Waals surface area contributed by atoms with E-state index >= 15 is 0 Å². The molecule has 2 heteroatoms. The molecule has 0 aromatic heterocycles. The Bertz CT molecular complexity index is 787. The van der Waals surface area contributed by atoms with Gasteiger partial charge in [-0.1, -0.05) is 48.5 Å². The van der Waals surface area contributed by atoms with Gasteiger partial charge in [-0.25, -0.2) is 0 Å². The minimum Gasteiger partial charge on any atom is -0.192 e. The summed E-state index contributed by atoms with van der Waals surface area (Å²) in [5, 5.41) is 11.6. The van der Waals surface area contributed by atoms with Crippen LogP contribution in [0.4, 0.5) is 0 Å². The Kier molecular flexibility index (Phi) is 3.71. The summed E-state index contributed by atoms with van der Waals surface area (Å²) < 4.78 is 0. The first-order valence-corrected chi connectivity index (χ1v) is 7.45. The van der Waals surface area contributed by atoms with Crippen LogP contribution in [-0.4, -0.2) is 0 Å². The minimum atomic E-state index is 0.765. The van der Waals surface area contributed by atoms with E-state index in [1.165, 1.54) is 15.7 Å². The summed E-state index contributed by atoms with van der Waals surface area (Å²) in [6.07, 6.45) is 0. The summed E-state index contributed by atoms with van der Waals surface area (Å²) in [6.45, 7) is 0. The molecule has 20 heavy (non-hydrogen) atoms. The SMILES string of the molecule is N#Cc1ccccc1CSc1ccc2ccccc2c1. The van der Waals surface area contributed by atoms with Gasteiger partial charge in [0, 0.05) is 10.6 Å². The van der Waals surface area contributed by atoms with Crippen LogP contribution in [0.5, 0.6) is 0 Å². The van der Waals surface area contributed by atoms with Gasteiger partial charge in [0.05, 0.1) is 11.6 Å². The van der Waals surface area contributed by atoms with Crippen molar-refractivity contribution in [3.63, 3.8) is 0 Å². The lowest BCUT2D eigenvalue weighted by Gasteiger charge is -2.05. The van der Waals surface area contributed by atoms with Crippen LogP contribution in [0.3, 0.4) is 0 Å². The normalized spacial score (nSPS) is 10.3. The molecule has 0 fully saturated rings. The topological polar surface area (TPSA) is 23.8 Å². The molecule has 0 saturated carbocycles. The molecule has 0 aliphatic rings. The summed E-state index contributed by atoms with van der Waals surface area (Å²) in [4.78, 5) is 1.23. The van der Waals surface area contributed by atoms with Crippen molar-refractivity contribution < 1.29 is 0 Å². The third kappa shape index (κ3) is 2.68. The fourth-order valence-electron chi connectivity index (χ4n) is 2.17. The zero-order valence-electron chi connectivity index (χ0n) is 10.9. The number of benzene rings is 3. The lowest BCUT2D eigenvalue weighted by molar-refractivity contribution is 1.35. The summed E-state index contributed by atoms with van der Waals surface area (Å²) in [6, 6.07) is 24.9. The molecule has 0 spiro atoms. The maximum atomic E-state index is 9.10. The van der Waals surface area contributed by atoms with Gasteiger partial charge >= 0.3 is 0 Å². The average Bonchev–Trinajstić information content (AvgIpc) is 2.53. The van der Waals surface area contributed by atoms with Gasteiger partial charge in [-0.2, -0.15) is 5.26 Å². The third-order valence-corrected chi connectivity index (χ3v) is 4.30. The van der Waals surface area contributed by atoms with Crippen LogP contribution < -0.4 is 0 Å². The van der Waals surface area contributed by atoms with Crippen LogP contribution in [0, 0.1) is 11.3 Å². The van der Waals surface area contributed by atoms with E-state index in [0.717, 1.165) is 16.9 Å². The number of rotatable bonds is 3. The molecule has 0 bridgehead atoms. The second-order valence-electron chi connectivity index (χ2n) is 4.57. The number of hydrogen-bond acceptors (Lipinski definition) is 2. The number of fused-ring (bicyclic) bond motifs is 1. The molecule has 0 saturated heterocycles. The van der Waals surface area contributed by atoms with Crippen LogP contribution in [0.15, 0.2) is 71.6 Å². The van der Waals surface area contributed by atoms with E-state index in [-0.39, 0.29) is 0 Å². The van der Waals surface area contributed by atoms with Gasteiger partial charge in [0.25, 0.3) is 0 Å². The van der Waals surface area contributed by atoms with E-state index in [1.807, 2.05) is 24.3 Å². The molecular formula is C18H13NS. The Balaban J connectivity index is 1.82. The predicted octanol–water partition coefficient (Wildman–Crippen LogP) is 5.00. The lowest BCUT2D eigenvalue weighted by atomic mass is 10.1. The summed E-state index contributed by atoms with van der Waals surface area (Å²) in [7, 11) is 0. The van der Waals surface area contributed by atoms with Crippen molar-refractivity contribution in [3.8, 4) is 6.07 Å². The molecular weight excluding hydrogens is 262 g/mol. The highest BCUT2D eigenvalue weighted by Crippen LogP contribution is 2.27. The largest absolute Gasteiger partial charge is 0.192 e. The highest BCUT2D eigenvalue weighted by molar-refractivity contribution is 7.98. The van der Waals surface area contributed by atoms with Crippen LogP contribution in [0.1, 0.15) is 11.1 Å². The van der Waals surface area contributed by atoms with Crippen LogP contribution in [0.2, 0.25) is 0 Å². The van der Waals surface area contributed by atoms with Gasteiger partial charge in [-0.15, -0.1) is 11.8 Å². The first-order valence-electron chi connectivity index (χ1n) is 6.46. The van der Waals surface area contributed by atoms with E-state index in [0.29, 0.717) is 0 Å². The van der Waals surface area contributed by atoms with Crippen molar-refractivity contribution in [2.45, 2.75) is 10.6 Å². The van der Waals surface area contributed by atoms with Gasteiger partial charge in [0.1, 0.15) is 0 Å². The Morgan fingerprint density at radius 3 is 2.45 bits per heavy atom. The average molecular weight is 275 g/mol. The fraction of sp³-hybridized carbons (Fsp3) is 0.0556. The highest BCUT2D eigenvalue weighted by Gasteiger charge is 2.02. The van der Waals surface area contributed by atoms with Gasteiger partial charge in [-0.05, 0) is 34.5 Å². The van der Waals surface area contributed by atoms with Crippen molar-refractivity contribution in [1.82, 2.24) is 0 Å². The van der Waals surface area contributed by atoms with Crippen molar-refractivity contribution in [3.05, 3.63) is 77.9 Å². The van der Waals surface area contributed by atoms with E-state index in [2.05, 4.69) is 48.5 Å². The monoisotopic (exact) mass is 275 g/mol. The predicted molar refractivity (Wildman–Crippen MR) is 84.7 cm³/mol.